The second-order valence-corrected chi connectivity index (χ2v) is 12.4. The number of carboxylic acids is 1. The summed E-state index contributed by atoms with van der Waals surface area (Å²) in [6, 6.07) is 42.9. The first-order valence-corrected chi connectivity index (χ1v) is 15.7. The van der Waals surface area contributed by atoms with Crippen molar-refractivity contribution in [1.82, 2.24) is 0 Å². The highest BCUT2D eigenvalue weighted by molar-refractivity contribution is 7.16. The first-order valence-electron chi connectivity index (χ1n) is 14.9. The molecule has 4 aromatic carbocycles. The van der Waals surface area contributed by atoms with Gasteiger partial charge in [0.05, 0.1) is 0 Å². The molecule has 0 amide bonds. The standard InChI is InChI=1S/C39H30N2O2S/c40-25-30(39(42)43)23-32-19-21-38(44-32)29-16-20-37-35(24-29)33-12-7-13-36(33)41(37)31-17-14-26(15-18-31)22-34(27-8-3-1-4-9-27)28-10-5-2-6-11-28/h1-6,8-11,14-24,33,36H,7,12-13H2,(H,42,43)/b30-23+. The third kappa shape index (κ3) is 5.25. The molecule has 2 heterocycles. The topological polar surface area (TPSA) is 64.3 Å². The van der Waals surface area contributed by atoms with E-state index in [1.54, 1.807) is 6.07 Å². The van der Waals surface area contributed by atoms with Crippen molar-refractivity contribution in [1.29, 1.82) is 5.26 Å². The molecule has 2 aliphatic rings. The van der Waals surface area contributed by atoms with E-state index in [-0.39, 0.29) is 5.57 Å². The number of aliphatic carboxylic acids is 1. The van der Waals surface area contributed by atoms with Crippen LogP contribution in [0, 0.1) is 11.3 Å². The minimum atomic E-state index is -1.20. The van der Waals surface area contributed by atoms with Gasteiger partial charge in [0.25, 0.3) is 0 Å². The quantitative estimate of drug-likeness (QED) is 0.116. The van der Waals surface area contributed by atoms with E-state index in [1.165, 1.54) is 75.9 Å². The van der Waals surface area contributed by atoms with Gasteiger partial charge in [-0.25, -0.2) is 4.79 Å². The molecule has 0 radical (unpaired) electrons. The molecule has 214 valence electrons. The van der Waals surface area contributed by atoms with E-state index in [0.717, 1.165) is 15.3 Å². The molecule has 0 spiro atoms. The molecule has 1 fully saturated rings. The van der Waals surface area contributed by atoms with Gasteiger partial charge >= 0.3 is 5.97 Å². The number of hydrogen-bond donors (Lipinski definition) is 1. The number of anilines is 2. The van der Waals surface area contributed by atoms with Gasteiger partial charge in [-0.15, -0.1) is 11.3 Å². The van der Waals surface area contributed by atoms with Gasteiger partial charge in [0.15, 0.2) is 0 Å². The van der Waals surface area contributed by atoms with Gasteiger partial charge in [-0.3, -0.25) is 0 Å². The predicted molar refractivity (Wildman–Crippen MR) is 180 cm³/mol. The lowest BCUT2D eigenvalue weighted by atomic mass is 9.95. The van der Waals surface area contributed by atoms with Crippen LogP contribution in [0.1, 0.15) is 52.3 Å². The van der Waals surface area contributed by atoms with E-state index >= 15 is 0 Å². The molecule has 2 atom stereocenters. The average Bonchev–Trinajstić information content (AvgIpc) is 3.80. The molecule has 1 aromatic heterocycles. The molecule has 1 N–H and O–H groups in total. The minimum absolute atomic E-state index is 0.255. The fraction of sp³-hybridized carbons (Fsp3) is 0.128. The van der Waals surface area contributed by atoms with Crippen molar-refractivity contribution in [3.8, 4) is 16.5 Å². The summed E-state index contributed by atoms with van der Waals surface area (Å²) in [6.07, 6.45) is 7.28. The second kappa shape index (κ2) is 11.8. The maximum Gasteiger partial charge on any atom is 0.346 e. The molecule has 1 aliphatic carbocycles. The van der Waals surface area contributed by atoms with Crippen LogP contribution in [0.15, 0.2) is 121 Å². The second-order valence-electron chi connectivity index (χ2n) is 11.3. The van der Waals surface area contributed by atoms with Gasteiger partial charge in [-0.1, -0.05) is 85.3 Å². The van der Waals surface area contributed by atoms with Crippen LogP contribution in [-0.4, -0.2) is 17.1 Å². The highest BCUT2D eigenvalue weighted by Crippen LogP contribution is 2.53. The monoisotopic (exact) mass is 590 g/mol. The summed E-state index contributed by atoms with van der Waals surface area (Å²) in [6.45, 7) is 0. The molecule has 5 heteroatoms. The highest BCUT2D eigenvalue weighted by Gasteiger charge is 2.42. The summed E-state index contributed by atoms with van der Waals surface area (Å²) in [5, 5.41) is 18.4. The van der Waals surface area contributed by atoms with E-state index in [4.69, 9.17) is 5.26 Å². The summed E-state index contributed by atoms with van der Waals surface area (Å²) >= 11 is 1.51. The number of rotatable bonds is 7. The number of carbonyl (C=O) groups is 1. The molecule has 0 bridgehead atoms. The number of hydrogen-bond acceptors (Lipinski definition) is 4. The predicted octanol–water partition coefficient (Wildman–Crippen LogP) is 9.78. The summed E-state index contributed by atoms with van der Waals surface area (Å²) in [4.78, 5) is 15.6. The van der Waals surface area contributed by atoms with Gasteiger partial charge < -0.3 is 10.0 Å². The van der Waals surface area contributed by atoms with E-state index < -0.39 is 5.97 Å². The Balaban J connectivity index is 1.20. The molecule has 0 saturated heterocycles. The van der Waals surface area contributed by atoms with E-state index in [2.05, 4.69) is 114 Å². The molecule has 44 heavy (non-hydrogen) atoms. The van der Waals surface area contributed by atoms with Gasteiger partial charge in [-0.2, -0.15) is 5.26 Å². The molecule has 1 saturated carbocycles. The lowest BCUT2D eigenvalue weighted by Crippen LogP contribution is -2.26. The van der Waals surface area contributed by atoms with Gasteiger partial charge in [0.2, 0.25) is 0 Å². The van der Waals surface area contributed by atoms with Crippen LogP contribution >= 0.6 is 11.3 Å². The number of nitrogens with zero attached hydrogens (tertiary/aromatic N) is 2. The van der Waals surface area contributed by atoms with Crippen LogP contribution in [0.5, 0.6) is 0 Å². The molecule has 5 aromatic rings. The largest absolute Gasteiger partial charge is 0.477 e. The third-order valence-corrected chi connectivity index (χ3v) is 9.78. The zero-order valence-electron chi connectivity index (χ0n) is 24.1. The van der Waals surface area contributed by atoms with E-state index in [0.29, 0.717) is 12.0 Å². The molecular weight excluding hydrogens is 561 g/mol. The maximum atomic E-state index is 11.3. The van der Waals surface area contributed by atoms with Crippen molar-refractivity contribution in [2.75, 3.05) is 4.90 Å². The fourth-order valence-corrected chi connectivity index (χ4v) is 7.63. The van der Waals surface area contributed by atoms with Crippen LogP contribution in [0.4, 0.5) is 11.4 Å². The van der Waals surface area contributed by atoms with E-state index in [9.17, 15) is 9.90 Å². The lowest BCUT2D eigenvalue weighted by Gasteiger charge is -2.27. The van der Waals surface area contributed by atoms with Crippen LogP contribution < -0.4 is 4.90 Å². The number of benzene rings is 4. The van der Waals surface area contributed by atoms with Crippen molar-refractivity contribution in [2.45, 2.75) is 31.2 Å². The minimum Gasteiger partial charge on any atom is -0.477 e. The summed E-state index contributed by atoms with van der Waals surface area (Å²) in [5.41, 5.74) is 9.51. The average molecular weight is 591 g/mol. The SMILES string of the molecule is N#C/C(=C\c1ccc(-c2ccc3c(c2)C2CCCC2N3c2ccc(C=C(c3ccccc3)c3ccccc3)cc2)s1)C(=O)O. The summed E-state index contributed by atoms with van der Waals surface area (Å²) < 4.78 is 0. The van der Waals surface area contributed by atoms with Crippen LogP contribution in [-0.2, 0) is 4.79 Å². The van der Waals surface area contributed by atoms with Gasteiger partial charge in [0.1, 0.15) is 11.6 Å². The molecule has 4 nitrogen and oxygen atoms in total. The van der Waals surface area contributed by atoms with Crippen LogP contribution in [0.2, 0.25) is 0 Å². The highest BCUT2D eigenvalue weighted by atomic mass is 32.1. The zero-order valence-corrected chi connectivity index (χ0v) is 24.9. The smallest absolute Gasteiger partial charge is 0.346 e. The summed E-state index contributed by atoms with van der Waals surface area (Å²) in [7, 11) is 0. The number of nitriles is 1. The Hall–Kier alpha value is -5.18. The first-order chi connectivity index (χ1) is 21.6. The summed E-state index contributed by atoms with van der Waals surface area (Å²) in [5.74, 6) is -0.715. The normalized spacial score (nSPS) is 17.1. The number of thiophene rings is 1. The first kappa shape index (κ1) is 27.6. The molecule has 1 aliphatic heterocycles. The van der Waals surface area contributed by atoms with Crippen molar-refractivity contribution in [2.24, 2.45) is 0 Å². The Morgan fingerprint density at radius 2 is 1.55 bits per heavy atom. The van der Waals surface area contributed by atoms with Crippen molar-refractivity contribution in [3.05, 3.63) is 148 Å². The zero-order chi connectivity index (χ0) is 30.0. The van der Waals surface area contributed by atoms with Gasteiger partial charge in [0, 0.05) is 33.1 Å². The molecular formula is C39H30N2O2S. The molecule has 7 rings (SSSR count). The number of fused-ring (bicyclic) bond motifs is 3. The Kier molecular flexibility index (Phi) is 7.43. The maximum absolute atomic E-state index is 11.3. The Labute approximate surface area is 261 Å². The molecule has 2 unspecified atom stereocenters. The van der Waals surface area contributed by atoms with Crippen molar-refractivity contribution in [3.63, 3.8) is 0 Å². The van der Waals surface area contributed by atoms with Crippen molar-refractivity contribution >= 4 is 46.4 Å². The number of carboxylic acid groups (broad SMARTS) is 1. The van der Waals surface area contributed by atoms with Crippen LogP contribution in [0.3, 0.4) is 0 Å². The van der Waals surface area contributed by atoms with Gasteiger partial charge in [-0.05, 0) is 94.8 Å². The Morgan fingerprint density at radius 3 is 2.20 bits per heavy atom. The Morgan fingerprint density at radius 1 is 0.841 bits per heavy atom. The fourth-order valence-electron chi connectivity index (χ4n) is 6.68. The third-order valence-electron chi connectivity index (χ3n) is 8.70. The lowest BCUT2D eigenvalue weighted by molar-refractivity contribution is -0.132. The Bertz CT molecular complexity index is 1890. The van der Waals surface area contributed by atoms with Crippen LogP contribution in [0.25, 0.3) is 28.2 Å². The van der Waals surface area contributed by atoms with Crippen molar-refractivity contribution < 1.29 is 9.90 Å². The van der Waals surface area contributed by atoms with E-state index in [1.807, 2.05) is 12.1 Å².